The van der Waals surface area contributed by atoms with Gasteiger partial charge in [0.15, 0.2) is 0 Å². The maximum absolute atomic E-state index is 13.0. The molecule has 2 heterocycles. The maximum atomic E-state index is 13.0. The number of amides is 1. The summed E-state index contributed by atoms with van der Waals surface area (Å²) in [6, 6.07) is 7.73. The molecule has 200 valence electrons. The van der Waals surface area contributed by atoms with Gasteiger partial charge >= 0.3 is 0 Å². The standard InChI is InChI=1S/C29H40ClN5O2/c1-19(2)16-27(36)24-7-5-6-21(24)17-26-25(30)18-31-29(33-26)32-22-10-8-20(9-11-22)28(37)35(4)23-12-14-34(3)15-13-23/h8-11,18-19,21,23-24H,5-7,12-17H2,1-4H3,(H,31,32,33)/t21-,24-/m0/s1. The number of nitrogens with one attached hydrogen (secondary N) is 1. The first-order valence-electron chi connectivity index (χ1n) is 13.6. The Morgan fingerprint density at radius 1 is 1.14 bits per heavy atom. The molecule has 0 bridgehead atoms. The van der Waals surface area contributed by atoms with Crippen molar-refractivity contribution >= 4 is 34.9 Å². The van der Waals surface area contributed by atoms with Crippen molar-refractivity contribution in [3.63, 3.8) is 0 Å². The highest BCUT2D eigenvalue weighted by molar-refractivity contribution is 6.31. The summed E-state index contributed by atoms with van der Waals surface area (Å²) in [4.78, 5) is 39.0. The molecule has 8 heteroatoms. The number of halogens is 1. The SMILES string of the molecule is CC(C)CC(=O)[C@H]1CCC[C@H]1Cc1nc(Nc2ccc(C(=O)N(C)C3CCN(C)CC3)cc2)ncc1Cl. The van der Waals surface area contributed by atoms with Crippen molar-refractivity contribution in [1.29, 1.82) is 0 Å². The number of nitrogens with zero attached hydrogens (tertiary/aromatic N) is 4. The van der Waals surface area contributed by atoms with Gasteiger partial charge in [0.2, 0.25) is 5.95 Å². The van der Waals surface area contributed by atoms with Gasteiger partial charge in [0.05, 0.1) is 16.9 Å². The number of carbonyl (C=O) groups is 2. The third-order valence-electron chi connectivity index (χ3n) is 7.90. The fourth-order valence-corrected chi connectivity index (χ4v) is 5.86. The topological polar surface area (TPSA) is 78.4 Å². The van der Waals surface area contributed by atoms with Gasteiger partial charge in [-0.3, -0.25) is 9.59 Å². The lowest BCUT2D eigenvalue weighted by Gasteiger charge is -2.35. The van der Waals surface area contributed by atoms with Gasteiger partial charge in [-0.1, -0.05) is 31.9 Å². The quantitative estimate of drug-likeness (QED) is 0.458. The zero-order valence-corrected chi connectivity index (χ0v) is 23.3. The van der Waals surface area contributed by atoms with E-state index < -0.39 is 0 Å². The maximum Gasteiger partial charge on any atom is 0.253 e. The van der Waals surface area contributed by atoms with E-state index in [1.807, 2.05) is 36.2 Å². The average molecular weight is 526 g/mol. The second kappa shape index (κ2) is 12.4. The van der Waals surface area contributed by atoms with Crippen molar-refractivity contribution in [1.82, 2.24) is 19.8 Å². The highest BCUT2D eigenvalue weighted by Crippen LogP contribution is 2.37. The van der Waals surface area contributed by atoms with Crippen LogP contribution >= 0.6 is 11.6 Å². The molecular formula is C29H40ClN5O2. The normalized spacial score (nSPS) is 20.8. The molecule has 0 unspecified atom stereocenters. The molecule has 1 aromatic heterocycles. The summed E-state index contributed by atoms with van der Waals surface area (Å²) in [6.07, 6.45) is 8.01. The Hall–Kier alpha value is -2.51. The highest BCUT2D eigenvalue weighted by Gasteiger charge is 2.33. The molecule has 4 rings (SSSR count). The fourth-order valence-electron chi connectivity index (χ4n) is 5.69. The lowest BCUT2D eigenvalue weighted by atomic mass is 9.85. The van der Waals surface area contributed by atoms with E-state index in [0.717, 1.165) is 56.6 Å². The monoisotopic (exact) mass is 525 g/mol. The summed E-state index contributed by atoms with van der Waals surface area (Å²) in [5, 5.41) is 3.77. The van der Waals surface area contributed by atoms with Gasteiger partial charge in [-0.2, -0.15) is 0 Å². The smallest absolute Gasteiger partial charge is 0.253 e. The van der Waals surface area contributed by atoms with Gasteiger partial charge in [-0.25, -0.2) is 9.97 Å². The van der Waals surface area contributed by atoms with Crippen LogP contribution in [0.5, 0.6) is 0 Å². The average Bonchev–Trinajstić information content (AvgIpc) is 3.34. The number of likely N-dealkylation sites (tertiary alicyclic amines) is 1. The molecule has 0 radical (unpaired) electrons. The van der Waals surface area contributed by atoms with Crippen molar-refractivity contribution in [2.24, 2.45) is 17.8 Å². The van der Waals surface area contributed by atoms with E-state index in [4.69, 9.17) is 16.6 Å². The lowest BCUT2D eigenvalue weighted by Crippen LogP contribution is -2.44. The van der Waals surface area contributed by atoms with Crippen LogP contribution in [0.2, 0.25) is 5.02 Å². The summed E-state index contributed by atoms with van der Waals surface area (Å²) >= 11 is 6.46. The minimum Gasteiger partial charge on any atom is -0.339 e. The van der Waals surface area contributed by atoms with Crippen LogP contribution in [0.15, 0.2) is 30.5 Å². The number of benzene rings is 1. The minimum absolute atomic E-state index is 0.0456. The Morgan fingerprint density at radius 3 is 2.51 bits per heavy atom. The fraction of sp³-hybridized carbons (Fsp3) is 0.586. The van der Waals surface area contributed by atoms with Crippen LogP contribution in [0.25, 0.3) is 0 Å². The van der Waals surface area contributed by atoms with Gasteiger partial charge < -0.3 is 15.1 Å². The number of rotatable bonds is 9. The second-order valence-electron chi connectivity index (χ2n) is 11.2. The highest BCUT2D eigenvalue weighted by atomic mass is 35.5. The number of aromatic nitrogens is 2. The predicted molar refractivity (Wildman–Crippen MR) is 148 cm³/mol. The number of Topliss-reactive ketones (excluding diaryl/α,β-unsaturated/α-hetero) is 1. The molecular weight excluding hydrogens is 486 g/mol. The largest absolute Gasteiger partial charge is 0.339 e. The molecule has 37 heavy (non-hydrogen) atoms. The molecule has 1 aliphatic heterocycles. The number of hydrogen-bond acceptors (Lipinski definition) is 6. The third-order valence-corrected chi connectivity index (χ3v) is 8.21. The molecule has 1 amide bonds. The number of carbonyl (C=O) groups excluding carboxylic acids is 2. The molecule has 1 aliphatic carbocycles. The van der Waals surface area contributed by atoms with Crippen molar-refractivity contribution in [3.05, 3.63) is 46.7 Å². The van der Waals surface area contributed by atoms with Crippen molar-refractivity contribution in [2.75, 3.05) is 32.5 Å². The van der Waals surface area contributed by atoms with Gasteiger partial charge in [-0.15, -0.1) is 0 Å². The lowest BCUT2D eigenvalue weighted by molar-refractivity contribution is -0.124. The molecule has 7 nitrogen and oxygen atoms in total. The van der Waals surface area contributed by atoms with E-state index in [0.29, 0.717) is 41.1 Å². The van der Waals surface area contributed by atoms with Gasteiger partial charge in [0, 0.05) is 36.7 Å². The number of ketones is 1. The number of piperidine rings is 1. The van der Waals surface area contributed by atoms with E-state index in [1.165, 1.54) is 0 Å². The third kappa shape index (κ3) is 7.08. The van der Waals surface area contributed by atoms with Gasteiger partial charge in [0.1, 0.15) is 5.78 Å². The Kier molecular flexibility index (Phi) is 9.19. The van der Waals surface area contributed by atoms with Gasteiger partial charge in [0.25, 0.3) is 5.91 Å². The van der Waals surface area contributed by atoms with Crippen LogP contribution < -0.4 is 5.32 Å². The molecule has 1 aromatic carbocycles. The molecule has 2 atom stereocenters. The van der Waals surface area contributed by atoms with E-state index in [2.05, 4.69) is 36.1 Å². The molecule has 2 aromatic rings. The van der Waals surface area contributed by atoms with Crippen molar-refractivity contribution in [2.45, 2.75) is 64.8 Å². The Balaban J connectivity index is 1.39. The Bertz CT molecular complexity index is 1080. The van der Waals surface area contributed by atoms with Gasteiger partial charge in [-0.05, 0) is 88.3 Å². The van der Waals surface area contributed by atoms with Crippen LogP contribution in [0.3, 0.4) is 0 Å². The molecule has 2 fully saturated rings. The summed E-state index contributed by atoms with van der Waals surface area (Å²) in [5.74, 6) is 1.64. The first-order valence-corrected chi connectivity index (χ1v) is 14.0. The first kappa shape index (κ1) is 27.5. The Labute approximate surface area is 226 Å². The zero-order chi connectivity index (χ0) is 26.5. The number of anilines is 2. The van der Waals surface area contributed by atoms with Crippen molar-refractivity contribution < 1.29 is 9.59 Å². The van der Waals surface area contributed by atoms with Crippen LogP contribution in [0, 0.1) is 17.8 Å². The molecule has 1 saturated carbocycles. The predicted octanol–water partition coefficient (Wildman–Crippen LogP) is 5.61. The zero-order valence-electron chi connectivity index (χ0n) is 22.5. The van der Waals surface area contributed by atoms with Crippen LogP contribution in [-0.2, 0) is 11.2 Å². The summed E-state index contributed by atoms with van der Waals surface area (Å²) in [5.41, 5.74) is 2.25. The van der Waals surface area contributed by atoms with E-state index >= 15 is 0 Å². The molecule has 1 saturated heterocycles. The van der Waals surface area contributed by atoms with E-state index in [1.54, 1.807) is 6.20 Å². The summed E-state index contributed by atoms with van der Waals surface area (Å²) in [6.45, 7) is 6.22. The van der Waals surface area contributed by atoms with Crippen LogP contribution in [0.1, 0.15) is 68.4 Å². The van der Waals surface area contributed by atoms with Crippen molar-refractivity contribution in [3.8, 4) is 0 Å². The molecule has 1 N–H and O–H groups in total. The van der Waals surface area contributed by atoms with Crippen LogP contribution in [-0.4, -0.2) is 64.7 Å². The van der Waals surface area contributed by atoms with E-state index in [-0.39, 0.29) is 23.8 Å². The minimum atomic E-state index is 0.0456. The second-order valence-corrected chi connectivity index (χ2v) is 11.6. The van der Waals surface area contributed by atoms with Crippen LogP contribution in [0.4, 0.5) is 11.6 Å². The summed E-state index contributed by atoms with van der Waals surface area (Å²) < 4.78 is 0. The summed E-state index contributed by atoms with van der Waals surface area (Å²) in [7, 11) is 4.02. The molecule has 2 aliphatic rings. The Morgan fingerprint density at radius 2 is 1.84 bits per heavy atom. The number of hydrogen-bond donors (Lipinski definition) is 1. The van der Waals surface area contributed by atoms with E-state index in [9.17, 15) is 9.59 Å². The first-order chi connectivity index (χ1) is 17.7. The molecule has 0 spiro atoms.